The Bertz CT molecular complexity index is 796. The predicted molar refractivity (Wildman–Crippen MR) is 100 cm³/mol. The average Bonchev–Trinajstić information content (AvgIpc) is 2.99. The lowest BCUT2D eigenvalue weighted by Crippen LogP contribution is -2.25. The third-order valence-corrected chi connectivity index (χ3v) is 4.45. The van der Waals surface area contributed by atoms with Gasteiger partial charge in [0.05, 0.1) is 17.1 Å². The number of hydrogen-bond donors (Lipinski definition) is 1. The highest BCUT2D eigenvalue weighted by Crippen LogP contribution is 2.14. The predicted octanol–water partition coefficient (Wildman–Crippen LogP) is 3.40. The number of nitrogens with one attached hydrogen (secondary N) is 1. The molecule has 0 radical (unpaired) electrons. The Morgan fingerprint density at radius 3 is 2.35 bits per heavy atom. The highest BCUT2D eigenvalue weighted by molar-refractivity contribution is 7.09. The fourth-order valence-electron chi connectivity index (χ4n) is 2.17. The van der Waals surface area contributed by atoms with Crippen LogP contribution >= 0.6 is 11.3 Å². The number of aryl methyl sites for hydroxylation is 1. The third-order valence-electron chi connectivity index (χ3n) is 3.63. The Morgan fingerprint density at radius 1 is 1.15 bits per heavy atom. The Morgan fingerprint density at radius 2 is 1.81 bits per heavy atom. The standard InChI is InChI=1S/C19H22N2O4S/c1-11(2)19(24)21-15-7-5-14(6-8-15)18(23)12(3)25-17(22)9-16-10-26-13(4)20-16/h5-8,10-12H,9H2,1-4H3,(H,21,24)/t12-/m1/s1. The number of ether oxygens (including phenoxy) is 1. The van der Waals surface area contributed by atoms with E-state index in [1.807, 2.05) is 6.92 Å². The molecular weight excluding hydrogens is 352 g/mol. The maximum Gasteiger partial charge on any atom is 0.312 e. The number of benzene rings is 1. The Labute approximate surface area is 156 Å². The number of ketones is 1. The van der Waals surface area contributed by atoms with E-state index in [1.54, 1.807) is 50.4 Å². The average molecular weight is 374 g/mol. The molecule has 1 heterocycles. The minimum atomic E-state index is -0.890. The van der Waals surface area contributed by atoms with Gasteiger partial charge in [0.25, 0.3) is 0 Å². The minimum absolute atomic E-state index is 0.0438. The van der Waals surface area contributed by atoms with Crippen molar-refractivity contribution >= 4 is 34.7 Å². The summed E-state index contributed by atoms with van der Waals surface area (Å²) in [7, 11) is 0. The summed E-state index contributed by atoms with van der Waals surface area (Å²) in [5, 5.41) is 5.43. The molecule has 1 atom stereocenters. The zero-order valence-electron chi connectivity index (χ0n) is 15.2. The maximum absolute atomic E-state index is 12.4. The van der Waals surface area contributed by atoms with Gasteiger partial charge in [-0.2, -0.15) is 0 Å². The molecule has 2 aromatic rings. The van der Waals surface area contributed by atoms with Gasteiger partial charge in [-0.05, 0) is 38.1 Å². The highest BCUT2D eigenvalue weighted by atomic mass is 32.1. The minimum Gasteiger partial charge on any atom is -0.454 e. The van der Waals surface area contributed by atoms with Gasteiger partial charge in [-0.15, -0.1) is 11.3 Å². The smallest absolute Gasteiger partial charge is 0.312 e. The van der Waals surface area contributed by atoms with Crippen molar-refractivity contribution in [2.45, 2.75) is 40.2 Å². The molecule has 0 aliphatic heterocycles. The Kier molecular flexibility index (Phi) is 6.63. The molecule has 0 fully saturated rings. The first-order valence-corrected chi connectivity index (χ1v) is 9.20. The summed E-state index contributed by atoms with van der Waals surface area (Å²) in [4.78, 5) is 40.2. The van der Waals surface area contributed by atoms with Gasteiger partial charge in [-0.25, -0.2) is 4.98 Å². The molecule has 1 aromatic carbocycles. The van der Waals surface area contributed by atoms with Crippen LogP contribution in [-0.2, 0) is 20.7 Å². The lowest BCUT2D eigenvalue weighted by atomic mass is 10.1. The van der Waals surface area contributed by atoms with Crippen LogP contribution in [0.1, 0.15) is 41.8 Å². The number of rotatable bonds is 7. The van der Waals surface area contributed by atoms with Crippen molar-refractivity contribution in [2.75, 3.05) is 5.32 Å². The second kappa shape index (κ2) is 8.71. The van der Waals surface area contributed by atoms with E-state index in [1.165, 1.54) is 11.3 Å². The van der Waals surface area contributed by atoms with E-state index in [9.17, 15) is 14.4 Å². The number of amides is 1. The molecule has 0 saturated heterocycles. The van der Waals surface area contributed by atoms with Gasteiger partial charge in [-0.3, -0.25) is 14.4 Å². The molecule has 0 unspecified atom stereocenters. The number of aromatic nitrogens is 1. The normalized spacial score (nSPS) is 11.9. The first-order chi connectivity index (χ1) is 12.3. The van der Waals surface area contributed by atoms with Crippen LogP contribution in [-0.4, -0.2) is 28.7 Å². The molecule has 0 spiro atoms. The van der Waals surface area contributed by atoms with Gasteiger partial charge < -0.3 is 10.1 Å². The molecule has 138 valence electrons. The number of esters is 1. The number of hydrogen-bond acceptors (Lipinski definition) is 6. The summed E-state index contributed by atoms with van der Waals surface area (Å²) in [6.45, 7) is 7.01. The molecule has 6 nitrogen and oxygen atoms in total. The summed E-state index contributed by atoms with van der Waals surface area (Å²) in [6, 6.07) is 6.51. The monoisotopic (exact) mass is 374 g/mol. The number of thiazole rings is 1. The molecule has 0 saturated carbocycles. The fourth-order valence-corrected chi connectivity index (χ4v) is 2.78. The van der Waals surface area contributed by atoms with Crippen LogP contribution in [0.2, 0.25) is 0 Å². The van der Waals surface area contributed by atoms with Gasteiger partial charge >= 0.3 is 5.97 Å². The summed E-state index contributed by atoms with van der Waals surface area (Å²) >= 11 is 1.46. The quantitative estimate of drug-likeness (QED) is 0.593. The lowest BCUT2D eigenvalue weighted by Gasteiger charge is -2.13. The fraction of sp³-hybridized carbons (Fsp3) is 0.368. The molecule has 7 heteroatoms. The zero-order valence-corrected chi connectivity index (χ0v) is 16.1. The van der Waals surface area contributed by atoms with E-state index in [0.29, 0.717) is 16.9 Å². The van der Waals surface area contributed by atoms with Crippen LogP contribution in [0, 0.1) is 12.8 Å². The first kappa shape index (κ1) is 19.8. The number of carbonyl (C=O) groups excluding carboxylic acids is 3. The Balaban J connectivity index is 1.92. The largest absolute Gasteiger partial charge is 0.454 e. The molecule has 1 N–H and O–H groups in total. The van der Waals surface area contributed by atoms with Gasteiger partial charge in [0.2, 0.25) is 11.7 Å². The van der Waals surface area contributed by atoms with Crippen molar-refractivity contribution in [3.8, 4) is 0 Å². The number of nitrogens with zero attached hydrogens (tertiary/aromatic N) is 1. The molecule has 1 aromatic heterocycles. The van der Waals surface area contributed by atoms with E-state index in [4.69, 9.17) is 4.74 Å². The maximum atomic E-state index is 12.4. The molecule has 0 aliphatic rings. The molecule has 1 amide bonds. The van der Waals surface area contributed by atoms with E-state index in [2.05, 4.69) is 10.3 Å². The SMILES string of the molecule is Cc1nc(CC(=O)O[C@H](C)C(=O)c2ccc(NC(=O)C(C)C)cc2)cs1. The van der Waals surface area contributed by atoms with Crippen LogP contribution in [0.5, 0.6) is 0 Å². The van der Waals surface area contributed by atoms with E-state index in [0.717, 1.165) is 5.01 Å². The van der Waals surface area contributed by atoms with Gasteiger partial charge in [0.15, 0.2) is 6.10 Å². The third kappa shape index (κ3) is 5.49. The first-order valence-electron chi connectivity index (χ1n) is 8.32. The number of carbonyl (C=O) groups is 3. The van der Waals surface area contributed by atoms with Crippen molar-refractivity contribution in [1.29, 1.82) is 0 Å². The van der Waals surface area contributed by atoms with Crippen LogP contribution in [0.25, 0.3) is 0 Å². The van der Waals surface area contributed by atoms with Crippen molar-refractivity contribution in [3.63, 3.8) is 0 Å². The van der Waals surface area contributed by atoms with Gasteiger partial charge in [0, 0.05) is 22.5 Å². The highest BCUT2D eigenvalue weighted by Gasteiger charge is 2.20. The number of anilines is 1. The van der Waals surface area contributed by atoms with Crippen molar-refractivity contribution < 1.29 is 19.1 Å². The molecule has 2 rings (SSSR count). The second-order valence-electron chi connectivity index (χ2n) is 6.25. The summed E-state index contributed by atoms with van der Waals surface area (Å²) < 4.78 is 5.21. The van der Waals surface area contributed by atoms with E-state index in [-0.39, 0.29) is 24.0 Å². The summed E-state index contributed by atoms with van der Waals surface area (Å²) in [5.41, 5.74) is 1.67. The van der Waals surface area contributed by atoms with E-state index >= 15 is 0 Å². The van der Waals surface area contributed by atoms with Crippen LogP contribution in [0.15, 0.2) is 29.6 Å². The summed E-state index contributed by atoms with van der Waals surface area (Å²) in [6.07, 6.45) is -0.847. The topological polar surface area (TPSA) is 85.4 Å². The van der Waals surface area contributed by atoms with Crippen molar-refractivity contribution in [3.05, 3.63) is 45.9 Å². The van der Waals surface area contributed by atoms with E-state index < -0.39 is 12.1 Å². The van der Waals surface area contributed by atoms with Crippen LogP contribution in [0.4, 0.5) is 5.69 Å². The van der Waals surface area contributed by atoms with Crippen molar-refractivity contribution in [2.24, 2.45) is 5.92 Å². The zero-order chi connectivity index (χ0) is 19.3. The Hall–Kier alpha value is -2.54. The molecule has 0 bridgehead atoms. The summed E-state index contributed by atoms with van der Waals surface area (Å²) in [5.74, 6) is -1.01. The van der Waals surface area contributed by atoms with Gasteiger partial charge in [0.1, 0.15) is 0 Å². The molecule has 0 aliphatic carbocycles. The number of Topliss-reactive ketones (excluding diaryl/α,β-unsaturated/α-hetero) is 1. The molecular formula is C19H22N2O4S. The van der Waals surface area contributed by atoms with Crippen LogP contribution < -0.4 is 5.32 Å². The van der Waals surface area contributed by atoms with Gasteiger partial charge in [-0.1, -0.05) is 13.8 Å². The van der Waals surface area contributed by atoms with Crippen molar-refractivity contribution in [1.82, 2.24) is 4.98 Å². The van der Waals surface area contributed by atoms with Crippen LogP contribution in [0.3, 0.4) is 0 Å². The second-order valence-corrected chi connectivity index (χ2v) is 7.31. The lowest BCUT2D eigenvalue weighted by molar-refractivity contribution is -0.145. The molecule has 26 heavy (non-hydrogen) atoms.